The van der Waals surface area contributed by atoms with Gasteiger partial charge in [-0.1, -0.05) is 19.9 Å². The summed E-state index contributed by atoms with van der Waals surface area (Å²) in [5.41, 5.74) is 0. The Balaban J connectivity index is 2.71. The molecule has 0 radical (unpaired) electrons. The minimum atomic E-state index is -4.17. The van der Waals surface area contributed by atoms with Gasteiger partial charge in [0.1, 0.15) is 6.23 Å². The van der Waals surface area contributed by atoms with E-state index in [0.29, 0.717) is 6.42 Å². The second-order valence-electron chi connectivity index (χ2n) is 3.92. The van der Waals surface area contributed by atoms with Gasteiger partial charge in [-0.15, -0.1) is 0 Å². The molecule has 2 unspecified atom stereocenters. The first-order chi connectivity index (χ1) is 6.90. The Morgan fingerprint density at radius 2 is 2.13 bits per heavy atom. The summed E-state index contributed by atoms with van der Waals surface area (Å²) in [6, 6.07) is 0. The molecule has 1 heterocycles. The van der Waals surface area contributed by atoms with Gasteiger partial charge >= 0.3 is 6.18 Å². The molecule has 1 rings (SSSR count). The van der Waals surface area contributed by atoms with E-state index in [1.54, 1.807) is 6.92 Å². The van der Waals surface area contributed by atoms with Gasteiger partial charge in [-0.05, 0) is 12.0 Å². The Kier molecular flexibility index (Phi) is 3.78. The summed E-state index contributed by atoms with van der Waals surface area (Å²) in [5.74, 6) is -1.74. The molecule has 5 heteroatoms. The molecule has 0 amide bonds. The minimum absolute atomic E-state index is 0.130. The molecule has 2 nitrogen and oxygen atoms in total. The summed E-state index contributed by atoms with van der Waals surface area (Å²) in [6.07, 6.45) is -3.40. The topological polar surface area (TPSA) is 23.5 Å². The minimum Gasteiger partial charge on any atom is -0.375 e. The second kappa shape index (κ2) is 4.53. The van der Waals surface area contributed by atoms with E-state index in [-0.39, 0.29) is 13.1 Å². The molecule has 0 saturated carbocycles. The van der Waals surface area contributed by atoms with Crippen molar-refractivity contribution in [2.75, 3.05) is 13.1 Å². The first-order valence-corrected chi connectivity index (χ1v) is 5.01. The molecule has 0 aliphatic carbocycles. The zero-order valence-corrected chi connectivity index (χ0v) is 8.67. The standard InChI is InChI=1S/C10H16F3NO/c1-3-7-5-14(9(15)4-2)6-8(7)10(11,12)13/h4,7-9,15H,2-3,5-6H2,1H3/t7?,8-,9?/m1/s1. The zero-order chi connectivity index (χ0) is 11.6. The van der Waals surface area contributed by atoms with E-state index < -0.39 is 24.2 Å². The van der Waals surface area contributed by atoms with Gasteiger partial charge in [-0.2, -0.15) is 13.2 Å². The second-order valence-corrected chi connectivity index (χ2v) is 3.92. The van der Waals surface area contributed by atoms with Gasteiger partial charge in [0.2, 0.25) is 0 Å². The van der Waals surface area contributed by atoms with E-state index in [1.165, 1.54) is 11.0 Å². The zero-order valence-electron chi connectivity index (χ0n) is 8.67. The van der Waals surface area contributed by atoms with Gasteiger partial charge < -0.3 is 5.11 Å². The van der Waals surface area contributed by atoms with E-state index >= 15 is 0 Å². The lowest BCUT2D eigenvalue weighted by Crippen LogP contribution is -2.33. The van der Waals surface area contributed by atoms with Crippen LogP contribution in [-0.2, 0) is 0 Å². The van der Waals surface area contributed by atoms with Crippen molar-refractivity contribution in [2.24, 2.45) is 11.8 Å². The number of halogens is 3. The predicted octanol–water partition coefficient (Wildman–Crippen LogP) is 2.01. The number of aliphatic hydroxyl groups is 1. The quantitative estimate of drug-likeness (QED) is 0.740. The van der Waals surface area contributed by atoms with E-state index in [0.717, 1.165) is 0 Å². The lowest BCUT2D eigenvalue weighted by molar-refractivity contribution is -0.181. The smallest absolute Gasteiger partial charge is 0.375 e. The van der Waals surface area contributed by atoms with Crippen molar-refractivity contribution in [3.8, 4) is 0 Å². The first kappa shape index (κ1) is 12.5. The van der Waals surface area contributed by atoms with Crippen LogP contribution in [0.2, 0.25) is 0 Å². The normalized spacial score (nSPS) is 30.5. The van der Waals surface area contributed by atoms with Gasteiger partial charge in [0.05, 0.1) is 5.92 Å². The molecular weight excluding hydrogens is 207 g/mol. The van der Waals surface area contributed by atoms with Crippen LogP contribution in [0.4, 0.5) is 13.2 Å². The van der Waals surface area contributed by atoms with E-state index in [4.69, 9.17) is 0 Å². The molecule has 15 heavy (non-hydrogen) atoms. The summed E-state index contributed by atoms with van der Waals surface area (Å²) in [6.45, 7) is 5.27. The van der Waals surface area contributed by atoms with Crippen LogP contribution in [0, 0.1) is 11.8 Å². The SMILES string of the molecule is C=CC(O)N1CC(CC)[C@H](C(F)(F)F)C1. The maximum Gasteiger partial charge on any atom is 0.393 e. The Bertz CT molecular complexity index is 229. The first-order valence-electron chi connectivity index (χ1n) is 5.01. The summed E-state index contributed by atoms with van der Waals surface area (Å²) < 4.78 is 37.8. The van der Waals surface area contributed by atoms with Crippen LogP contribution in [0.3, 0.4) is 0 Å². The summed E-state index contributed by atoms with van der Waals surface area (Å²) in [4.78, 5) is 1.42. The van der Waals surface area contributed by atoms with Gasteiger partial charge in [0.15, 0.2) is 0 Å². The fourth-order valence-corrected chi connectivity index (χ4v) is 2.05. The highest BCUT2D eigenvalue weighted by molar-refractivity contribution is 4.91. The highest BCUT2D eigenvalue weighted by Gasteiger charge is 2.49. The van der Waals surface area contributed by atoms with Crippen molar-refractivity contribution in [3.05, 3.63) is 12.7 Å². The van der Waals surface area contributed by atoms with Crippen LogP contribution in [0.1, 0.15) is 13.3 Å². The summed E-state index contributed by atoms with van der Waals surface area (Å²) >= 11 is 0. The molecule has 0 bridgehead atoms. The number of alkyl halides is 3. The molecule has 1 saturated heterocycles. The predicted molar refractivity (Wildman–Crippen MR) is 51.1 cm³/mol. The number of aliphatic hydroxyl groups excluding tert-OH is 1. The van der Waals surface area contributed by atoms with Crippen molar-refractivity contribution in [3.63, 3.8) is 0 Å². The molecule has 0 aromatic carbocycles. The van der Waals surface area contributed by atoms with Gasteiger partial charge in [-0.25, -0.2) is 0 Å². The number of rotatable bonds is 3. The maximum atomic E-state index is 12.6. The molecule has 3 atom stereocenters. The van der Waals surface area contributed by atoms with Crippen molar-refractivity contribution in [2.45, 2.75) is 25.7 Å². The molecule has 1 fully saturated rings. The van der Waals surface area contributed by atoms with Crippen molar-refractivity contribution in [1.82, 2.24) is 4.90 Å². The third kappa shape index (κ3) is 2.72. The van der Waals surface area contributed by atoms with Crippen LogP contribution in [0.25, 0.3) is 0 Å². The lowest BCUT2D eigenvalue weighted by atomic mass is 9.93. The van der Waals surface area contributed by atoms with Crippen LogP contribution < -0.4 is 0 Å². The van der Waals surface area contributed by atoms with Crippen LogP contribution in [-0.4, -0.2) is 35.5 Å². The number of nitrogens with zero attached hydrogens (tertiary/aromatic N) is 1. The molecule has 1 N–H and O–H groups in total. The van der Waals surface area contributed by atoms with Crippen molar-refractivity contribution >= 4 is 0 Å². The van der Waals surface area contributed by atoms with E-state index in [9.17, 15) is 18.3 Å². The third-order valence-electron chi connectivity index (χ3n) is 3.00. The van der Waals surface area contributed by atoms with Gasteiger partial charge in [0.25, 0.3) is 0 Å². The Morgan fingerprint density at radius 3 is 2.47 bits per heavy atom. The van der Waals surface area contributed by atoms with Crippen molar-refractivity contribution in [1.29, 1.82) is 0 Å². The van der Waals surface area contributed by atoms with Crippen LogP contribution in [0.15, 0.2) is 12.7 Å². The Morgan fingerprint density at radius 1 is 1.53 bits per heavy atom. The van der Waals surface area contributed by atoms with Gasteiger partial charge in [0, 0.05) is 13.1 Å². The molecule has 1 aliphatic rings. The Labute approximate surface area is 87.4 Å². The van der Waals surface area contributed by atoms with Gasteiger partial charge in [-0.3, -0.25) is 4.90 Å². The highest BCUT2D eigenvalue weighted by Crippen LogP contribution is 2.39. The van der Waals surface area contributed by atoms with Crippen LogP contribution >= 0.6 is 0 Å². The largest absolute Gasteiger partial charge is 0.393 e. The molecule has 0 aromatic rings. The molecule has 1 aliphatic heterocycles. The third-order valence-corrected chi connectivity index (χ3v) is 3.00. The average molecular weight is 223 g/mol. The monoisotopic (exact) mass is 223 g/mol. The van der Waals surface area contributed by atoms with Crippen LogP contribution in [0.5, 0.6) is 0 Å². The maximum absolute atomic E-state index is 12.6. The number of hydrogen-bond donors (Lipinski definition) is 1. The average Bonchev–Trinajstić information content (AvgIpc) is 2.59. The Hall–Kier alpha value is -0.550. The number of likely N-dealkylation sites (tertiary alicyclic amines) is 1. The summed E-state index contributed by atoms with van der Waals surface area (Å²) in [5, 5.41) is 9.40. The highest BCUT2D eigenvalue weighted by atomic mass is 19.4. The summed E-state index contributed by atoms with van der Waals surface area (Å²) in [7, 11) is 0. The molecule has 88 valence electrons. The fourth-order valence-electron chi connectivity index (χ4n) is 2.05. The van der Waals surface area contributed by atoms with E-state index in [1.807, 2.05) is 0 Å². The van der Waals surface area contributed by atoms with E-state index in [2.05, 4.69) is 6.58 Å². The molecule has 0 aromatic heterocycles. The fraction of sp³-hybridized carbons (Fsp3) is 0.800. The van der Waals surface area contributed by atoms with Crippen molar-refractivity contribution < 1.29 is 18.3 Å². The molecule has 0 spiro atoms. The molecular formula is C10H16F3NO. The number of hydrogen-bond acceptors (Lipinski definition) is 2. The lowest BCUT2D eigenvalue weighted by Gasteiger charge is -2.20.